The lowest BCUT2D eigenvalue weighted by molar-refractivity contribution is -0.750. The maximum Gasteiger partial charge on any atom is 0.265 e. The molecule has 0 amide bonds. The minimum atomic E-state index is 0.0291. The molecule has 0 radical (unpaired) electrons. The number of aryl methyl sites for hydroxylation is 1. The van der Waals surface area contributed by atoms with Crippen LogP contribution in [0.4, 0.5) is 0 Å². The number of pyridine rings is 1. The Morgan fingerprint density at radius 2 is 2.04 bits per heavy atom. The lowest BCUT2D eigenvalue weighted by Gasteiger charge is -2.26. The molecule has 2 N–H and O–H groups in total. The summed E-state index contributed by atoms with van der Waals surface area (Å²) in [7, 11) is 0. The molecule has 3 aliphatic rings. The molecule has 0 bridgehead atoms. The van der Waals surface area contributed by atoms with Crippen LogP contribution in [0.25, 0.3) is 10.9 Å². The van der Waals surface area contributed by atoms with Gasteiger partial charge < -0.3 is 0 Å². The number of allylic oxidation sites excluding steroid dienone is 4. The Hall–Kier alpha value is -3.15. The van der Waals surface area contributed by atoms with Gasteiger partial charge >= 0.3 is 0 Å². The van der Waals surface area contributed by atoms with E-state index in [4.69, 9.17) is 10.8 Å². The molecule has 5 nitrogen and oxygen atoms in total. The highest BCUT2D eigenvalue weighted by Crippen LogP contribution is 2.36. The number of amidine groups is 1. The number of nitrogens with zero attached hydrogens (tertiary/aromatic N) is 4. The van der Waals surface area contributed by atoms with Crippen molar-refractivity contribution in [3.05, 3.63) is 89.2 Å². The summed E-state index contributed by atoms with van der Waals surface area (Å²) in [6.07, 6.45) is 13.3. The van der Waals surface area contributed by atoms with Crippen molar-refractivity contribution in [2.24, 2.45) is 15.8 Å². The van der Waals surface area contributed by atoms with E-state index in [-0.39, 0.29) is 4.59 Å². The fraction of sp³-hybridized carbons (Fsp3) is 0.0500. The predicted molar refractivity (Wildman–Crippen MR) is 99.3 cm³/mol. The Morgan fingerprint density at radius 1 is 1.16 bits per heavy atom. The minimum absolute atomic E-state index is 0.0291. The number of nitrogens with two attached hydrogens (primary N) is 1. The topological polar surface area (TPSA) is 63.6 Å². The van der Waals surface area contributed by atoms with Gasteiger partial charge in [-0.15, -0.1) is 4.59 Å². The van der Waals surface area contributed by atoms with Crippen molar-refractivity contribution in [3.8, 4) is 0 Å². The summed E-state index contributed by atoms with van der Waals surface area (Å²) in [4.78, 5) is 13.6. The molecule has 2 aromatic rings. The van der Waals surface area contributed by atoms with Crippen molar-refractivity contribution in [1.29, 1.82) is 0 Å². The Morgan fingerprint density at radius 3 is 2.84 bits per heavy atom. The first-order valence-electron chi connectivity index (χ1n) is 8.14. The third-order valence-corrected chi connectivity index (χ3v) is 4.84. The highest BCUT2D eigenvalue weighted by atomic mass is 15.6. The van der Waals surface area contributed by atoms with E-state index in [1.54, 1.807) is 12.4 Å². The number of rotatable bonds is 2. The molecule has 120 valence electrons. The first-order valence-corrected chi connectivity index (χ1v) is 8.14. The van der Waals surface area contributed by atoms with E-state index in [2.05, 4.69) is 35.1 Å². The second-order valence-corrected chi connectivity index (χ2v) is 6.36. The van der Waals surface area contributed by atoms with Gasteiger partial charge in [0, 0.05) is 17.2 Å². The highest BCUT2D eigenvalue weighted by molar-refractivity contribution is 6.03. The van der Waals surface area contributed by atoms with Gasteiger partial charge in [0.2, 0.25) is 5.70 Å². The van der Waals surface area contributed by atoms with E-state index in [9.17, 15) is 0 Å². The van der Waals surface area contributed by atoms with Crippen molar-refractivity contribution in [2.75, 3.05) is 0 Å². The average Bonchev–Trinajstić information content (AvgIpc) is 2.86. The van der Waals surface area contributed by atoms with Crippen LogP contribution in [-0.2, 0) is 0 Å². The summed E-state index contributed by atoms with van der Waals surface area (Å²) in [6, 6.07) is 8.22. The smallest absolute Gasteiger partial charge is 0.256 e. The summed E-state index contributed by atoms with van der Waals surface area (Å²) in [5.41, 5.74) is 5.95. The molecular weight excluding hydrogens is 310 g/mol. The Kier molecular flexibility index (Phi) is 2.80. The molecule has 1 aromatic carbocycles. The summed E-state index contributed by atoms with van der Waals surface area (Å²) in [5, 5.41) is 1.14. The maximum absolute atomic E-state index is 6.72. The van der Waals surface area contributed by atoms with Crippen molar-refractivity contribution in [3.63, 3.8) is 0 Å². The van der Waals surface area contributed by atoms with Gasteiger partial charge in [0.05, 0.1) is 23.5 Å². The monoisotopic (exact) mass is 326 g/mol. The van der Waals surface area contributed by atoms with E-state index < -0.39 is 0 Å². The van der Waals surface area contributed by atoms with Crippen LogP contribution in [0, 0.1) is 6.92 Å². The Labute approximate surface area is 145 Å². The quantitative estimate of drug-likeness (QED) is 0.680. The summed E-state index contributed by atoms with van der Waals surface area (Å²) >= 11 is 0. The zero-order valence-corrected chi connectivity index (χ0v) is 13.7. The molecule has 0 fully saturated rings. The summed E-state index contributed by atoms with van der Waals surface area (Å²) < 4.78 is 0.0291. The van der Waals surface area contributed by atoms with E-state index >= 15 is 0 Å². The lowest BCUT2D eigenvalue weighted by atomic mass is 10.0. The molecule has 25 heavy (non-hydrogen) atoms. The fourth-order valence-corrected chi connectivity index (χ4v) is 3.37. The van der Waals surface area contributed by atoms with Crippen LogP contribution in [0.3, 0.4) is 0 Å². The van der Waals surface area contributed by atoms with Crippen LogP contribution in [0.2, 0.25) is 0 Å². The Balaban J connectivity index is 1.69. The standard InChI is InChI=1S/C20H16N5/c1-13-7-8-23-17-11-15(5-6-16(13)17)20-24-19(14-3-2-4-14)18-12-22-9-10-25(18,20)21/h2-12H,21H2,1H3/q+1. The maximum atomic E-state index is 6.72. The van der Waals surface area contributed by atoms with Crippen molar-refractivity contribution in [2.45, 2.75) is 6.92 Å². The van der Waals surface area contributed by atoms with Gasteiger partial charge in [-0.25, -0.2) is 0 Å². The molecule has 5 heteroatoms. The number of fused-ring (bicyclic) bond motifs is 2. The predicted octanol–water partition coefficient (Wildman–Crippen LogP) is 3.26. The normalized spacial score (nSPS) is 23.6. The van der Waals surface area contributed by atoms with Gasteiger partial charge in [-0.2, -0.15) is 10.8 Å². The number of quaternary nitrogens is 1. The third kappa shape index (κ3) is 1.94. The van der Waals surface area contributed by atoms with E-state index in [1.807, 2.05) is 36.7 Å². The van der Waals surface area contributed by atoms with E-state index in [1.165, 1.54) is 5.56 Å². The summed E-state index contributed by atoms with van der Waals surface area (Å²) in [6.45, 7) is 2.09. The van der Waals surface area contributed by atoms with Crippen LogP contribution in [-0.4, -0.2) is 21.6 Å². The minimum Gasteiger partial charge on any atom is -0.256 e. The lowest BCUT2D eigenvalue weighted by Crippen LogP contribution is -2.53. The van der Waals surface area contributed by atoms with Crippen LogP contribution >= 0.6 is 0 Å². The zero-order valence-electron chi connectivity index (χ0n) is 13.7. The Bertz CT molecular complexity index is 1110. The number of hydrogen-bond donors (Lipinski definition) is 1. The average molecular weight is 326 g/mol. The van der Waals surface area contributed by atoms with Gasteiger partial charge in [-0.05, 0) is 30.7 Å². The highest BCUT2D eigenvalue weighted by Gasteiger charge is 2.44. The van der Waals surface area contributed by atoms with E-state index in [0.29, 0.717) is 0 Å². The van der Waals surface area contributed by atoms with Crippen LogP contribution < -0.4 is 5.84 Å². The molecule has 1 unspecified atom stereocenters. The second-order valence-electron chi connectivity index (χ2n) is 6.36. The molecule has 1 aliphatic carbocycles. The van der Waals surface area contributed by atoms with Gasteiger partial charge in [-0.3, -0.25) is 9.98 Å². The van der Waals surface area contributed by atoms with Crippen LogP contribution in [0.1, 0.15) is 11.1 Å². The number of benzene rings is 1. The number of aliphatic imine (C=N–C) groups is 2. The first kappa shape index (κ1) is 14.2. The molecule has 1 aromatic heterocycles. The molecule has 0 saturated heterocycles. The largest absolute Gasteiger partial charge is 0.265 e. The van der Waals surface area contributed by atoms with Crippen molar-refractivity contribution in [1.82, 2.24) is 4.98 Å². The molecule has 0 spiro atoms. The van der Waals surface area contributed by atoms with Gasteiger partial charge in [0.25, 0.3) is 5.84 Å². The fourth-order valence-electron chi connectivity index (χ4n) is 3.37. The molecule has 0 saturated carbocycles. The molecular formula is C20H16N5+. The number of hydrogen-bond acceptors (Lipinski definition) is 4. The molecule has 5 rings (SSSR count). The van der Waals surface area contributed by atoms with Gasteiger partial charge in [0.1, 0.15) is 11.9 Å². The summed E-state index contributed by atoms with van der Waals surface area (Å²) in [5.74, 6) is 7.50. The van der Waals surface area contributed by atoms with Gasteiger partial charge in [0.15, 0.2) is 0 Å². The molecule has 1 atom stereocenters. The van der Waals surface area contributed by atoms with Crippen LogP contribution in [0.5, 0.6) is 0 Å². The van der Waals surface area contributed by atoms with Crippen LogP contribution in [0.15, 0.2) is 88.0 Å². The number of aromatic nitrogens is 1. The van der Waals surface area contributed by atoms with E-state index in [0.717, 1.165) is 39.3 Å². The van der Waals surface area contributed by atoms with Crippen molar-refractivity contribution < 1.29 is 4.59 Å². The second kappa shape index (κ2) is 4.92. The third-order valence-electron chi connectivity index (χ3n) is 4.84. The first-order chi connectivity index (χ1) is 12.2. The zero-order chi connectivity index (χ0) is 17.0. The molecule has 2 aliphatic heterocycles. The molecule has 3 heterocycles. The SMILES string of the molecule is Cc1ccnc2cc(C3=NC(C4=CC=C4)=C4C=NC=C[N+]34N)ccc12. The van der Waals surface area contributed by atoms with Gasteiger partial charge in [-0.1, -0.05) is 24.3 Å². The van der Waals surface area contributed by atoms with Crippen molar-refractivity contribution >= 4 is 23.0 Å².